The number of nitrogens with one attached hydrogen (secondary N) is 5. The lowest BCUT2D eigenvalue weighted by atomic mass is 10.0. The Morgan fingerprint density at radius 2 is 1.98 bits per heavy atom. The molecule has 0 saturated heterocycles. The maximum atomic E-state index is 13.2. The highest BCUT2D eigenvalue weighted by molar-refractivity contribution is 6.30. The van der Waals surface area contributed by atoms with Gasteiger partial charge in [0, 0.05) is 46.8 Å². The van der Waals surface area contributed by atoms with Gasteiger partial charge in [-0.2, -0.15) is 4.68 Å². The molecule has 44 heavy (non-hydrogen) atoms. The maximum absolute atomic E-state index is 13.2. The van der Waals surface area contributed by atoms with Gasteiger partial charge in [0.15, 0.2) is 0 Å². The number of fused-ring (bicyclic) bond motifs is 4. The molecule has 1 aliphatic rings. The fourth-order valence-corrected chi connectivity index (χ4v) is 5.10. The van der Waals surface area contributed by atoms with Crippen molar-refractivity contribution >= 4 is 47.0 Å². The van der Waals surface area contributed by atoms with Crippen LogP contribution in [0.3, 0.4) is 0 Å². The minimum Gasteiger partial charge on any atom is -0.453 e. The fourth-order valence-electron chi connectivity index (χ4n) is 4.92. The Labute approximate surface area is 257 Å². The number of carbonyl (C=O) groups excluding carboxylic acids is 3. The Kier molecular flexibility index (Phi) is 9.49. The van der Waals surface area contributed by atoms with Gasteiger partial charge in [-0.3, -0.25) is 14.9 Å². The van der Waals surface area contributed by atoms with Gasteiger partial charge >= 0.3 is 6.09 Å². The number of halogens is 1. The highest BCUT2D eigenvalue weighted by atomic mass is 35.5. The van der Waals surface area contributed by atoms with Crippen LogP contribution >= 0.6 is 11.6 Å². The van der Waals surface area contributed by atoms with Gasteiger partial charge in [0.25, 0.3) is 0 Å². The number of tetrazole rings is 1. The third-order valence-electron chi connectivity index (χ3n) is 7.10. The Hall–Kier alpha value is -5.24. The van der Waals surface area contributed by atoms with Crippen LogP contribution in [0.1, 0.15) is 43.1 Å². The van der Waals surface area contributed by atoms with Gasteiger partial charge in [-0.1, -0.05) is 24.4 Å². The van der Waals surface area contributed by atoms with Gasteiger partial charge in [-0.05, 0) is 65.7 Å². The van der Waals surface area contributed by atoms with E-state index >= 15 is 0 Å². The van der Waals surface area contributed by atoms with E-state index < -0.39 is 18.2 Å². The molecule has 3 heterocycles. The van der Waals surface area contributed by atoms with Crippen molar-refractivity contribution < 1.29 is 19.1 Å². The number of hydrogen-bond acceptors (Lipinski definition) is 9. The number of ether oxygens (including phenoxy) is 1. The first kappa shape index (κ1) is 30.2. The standard InChI is InChI=1S/C29H31ClN10O4/c1-31-28(42)22-6-4-3-5-21(36-26(41)12-7-17-13-18(30)8-11-25(17)40-16-33-38-39-40)27-32-15-24(37-27)20-10-9-19(14-23(20)35-22)34-29(43)44-2/h7-16,21-22,35H,3-6H2,1-2H3,(H,31,42)(H,32,37)(H,34,43)(H,36,41)/t21-,22+/m0/s1. The summed E-state index contributed by atoms with van der Waals surface area (Å²) in [5.74, 6) is 0.0932. The SMILES string of the molecule is CNC(=O)[C@H]1CCCC[C@H](NC(=O)C=Cc2cc(Cl)ccc2-n2cnnn2)c2nc(c[nH]2)-c2ccc(NC(=O)OC)cc2N1. The zero-order valence-corrected chi connectivity index (χ0v) is 24.8. The van der Waals surface area contributed by atoms with E-state index in [4.69, 9.17) is 21.3 Å². The highest BCUT2D eigenvalue weighted by Crippen LogP contribution is 2.33. The Bertz CT molecular complexity index is 1670. The van der Waals surface area contributed by atoms with E-state index in [0.717, 1.165) is 0 Å². The molecule has 0 aliphatic carbocycles. The number of amides is 3. The van der Waals surface area contributed by atoms with Gasteiger partial charge in [-0.25, -0.2) is 9.78 Å². The molecule has 15 heteroatoms. The van der Waals surface area contributed by atoms with Crippen molar-refractivity contribution in [2.45, 2.75) is 37.8 Å². The van der Waals surface area contributed by atoms with Crippen molar-refractivity contribution in [3.05, 3.63) is 71.4 Å². The maximum Gasteiger partial charge on any atom is 0.411 e. The number of anilines is 2. The second kappa shape index (κ2) is 13.8. The zero-order chi connectivity index (χ0) is 31.1. The Balaban J connectivity index is 1.41. The normalized spacial score (nSPS) is 16.5. The molecule has 0 fully saturated rings. The number of rotatable bonds is 6. The molecule has 1 aliphatic heterocycles. The molecule has 0 unspecified atom stereocenters. The molecule has 0 spiro atoms. The number of nitrogens with zero attached hydrogens (tertiary/aromatic N) is 5. The number of carbonyl (C=O) groups is 3. The molecule has 2 aromatic carbocycles. The van der Waals surface area contributed by atoms with E-state index in [1.165, 1.54) is 24.2 Å². The summed E-state index contributed by atoms with van der Waals surface area (Å²) in [7, 11) is 2.87. The van der Waals surface area contributed by atoms with Crippen molar-refractivity contribution in [2.75, 3.05) is 24.8 Å². The van der Waals surface area contributed by atoms with E-state index in [1.54, 1.807) is 55.7 Å². The third kappa shape index (κ3) is 7.21. The van der Waals surface area contributed by atoms with E-state index in [-0.39, 0.29) is 11.8 Å². The highest BCUT2D eigenvalue weighted by Gasteiger charge is 2.24. The lowest BCUT2D eigenvalue weighted by Crippen LogP contribution is -2.38. The van der Waals surface area contributed by atoms with Crippen LogP contribution in [0.4, 0.5) is 16.2 Å². The molecule has 0 radical (unpaired) electrons. The second-order valence-corrected chi connectivity index (χ2v) is 10.4. The number of aromatic amines is 1. The molecule has 0 saturated carbocycles. The summed E-state index contributed by atoms with van der Waals surface area (Å²) in [4.78, 5) is 45.8. The molecule has 228 valence electrons. The molecule has 4 aromatic rings. The summed E-state index contributed by atoms with van der Waals surface area (Å²) in [5, 5.41) is 23.5. The second-order valence-electron chi connectivity index (χ2n) is 10.00. The minimum absolute atomic E-state index is 0.167. The van der Waals surface area contributed by atoms with Crippen LogP contribution in [0.2, 0.25) is 5.02 Å². The van der Waals surface area contributed by atoms with Crippen molar-refractivity contribution in [1.82, 2.24) is 40.8 Å². The van der Waals surface area contributed by atoms with Gasteiger partial charge < -0.3 is 25.7 Å². The van der Waals surface area contributed by atoms with Crippen LogP contribution in [0.25, 0.3) is 23.0 Å². The lowest BCUT2D eigenvalue weighted by molar-refractivity contribution is -0.121. The van der Waals surface area contributed by atoms with E-state index in [0.29, 0.717) is 70.4 Å². The number of benzene rings is 2. The average molecular weight is 619 g/mol. The number of imidazole rings is 1. The molecule has 2 atom stereocenters. The zero-order valence-electron chi connectivity index (χ0n) is 24.0. The lowest BCUT2D eigenvalue weighted by Gasteiger charge is -2.22. The van der Waals surface area contributed by atoms with Crippen molar-refractivity contribution in [2.24, 2.45) is 0 Å². The number of methoxy groups -OCH3 is 1. The minimum atomic E-state index is -0.613. The predicted molar refractivity (Wildman–Crippen MR) is 164 cm³/mol. The van der Waals surface area contributed by atoms with Crippen LogP contribution in [0.15, 0.2) is 55.0 Å². The smallest absolute Gasteiger partial charge is 0.411 e. The molecule has 5 N–H and O–H groups in total. The van der Waals surface area contributed by atoms with Crippen LogP contribution in [-0.2, 0) is 14.3 Å². The fraction of sp³-hybridized carbons (Fsp3) is 0.276. The van der Waals surface area contributed by atoms with Crippen LogP contribution in [-0.4, -0.2) is 68.3 Å². The molecule has 2 bridgehead atoms. The van der Waals surface area contributed by atoms with Crippen LogP contribution < -0.4 is 21.3 Å². The summed E-state index contributed by atoms with van der Waals surface area (Å²) < 4.78 is 6.20. The average Bonchev–Trinajstić information content (AvgIpc) is 3.73. The summed E-state index contributed by atoms with van der Waals surface area (Å²) >= 11 is 6.21. The molecule has 2 aromatic heterocycles. The summed E-state index contributed by atoms with van der Waals surface area (Å²) in [6.07, 6.45) is 8.22. The number of aromatic nitrogens is 6. The van der Waals surface area contributed by atoms with Gasteiger partial charge in [0.05, 0.1) is 24.5 Å². The molecular formula is C29H31ClN10O4. The predicted octanol–water partition coefficient (Wildman–Crippen LogP) is 3.86. The van der Waals surface area contributed by atoms with Crippen molar-refractivity contribution in [1.29, 1.82) is 0 Å². The number of likely N-dealkylation sites (N-methyl/N-ethyl adjacent to an activating group) is 1. The number of H-pyrrole nitrogens is 1. The summed E-state index contributed by atoms with van der Waals surface area (Å²) in [5.41, 5.74) is 3.72. The molecule has 3 amide bonds. The first-order chi connectivity index (χ1) is 21.3. The summed E-state index contributed by atoms with van der Waals surface area (Å²) in [6, 6.07) is 9.49. The van der Waals surface area contributed by atoms with Crippen molar-refractivity contribution in [3.63, 3.8) is 0 Å². The van der Waals surface area contributed by atoms with Gasteiger partial charge in [0.2, 0.25) is 11.8 Å². The first-order valence-corrected chi connectivity index (χ1v) is 14.3. The largest absolute Gasteiger partial charge is 0.453 e. The molecular weight excluding hydrogens is 588 g/mol. The Morgan fingerprint density at radius 3 is 2.75 bits per heavy atom. The van der Waals surface area contributed by atoms with Gasteiger partial charge in [-0.15, -0.1) is 5.10 Å². The topological polar surface area (TPSA) is 181 Å². The van der Waals surface area contributed by atoms with E-state index in [9.17, 15) is 14.4 Å². The Morgan fingerprint density at radius 1 is 1.14 bits per heavy atom. The molecule has 5 rings (SSSR count). The van der Waals surface area contributed by atoms with Gasteiger partial charge in [0.1, 0.15) is 18.2 Å². The van der Waals surface area contributed by atoms with E-state index in [1.807, 2.05) is 0 Å². The summed E-state index contributed by atoms with van der Waals surface area (Å²) in [6.45, 7) is 0. The quantitative estimate of drug-likeness (QED) is 0.200. The third-order valence-corrected chi connectivity index (χ3v) is 7.33. The van der Waals surface area contributed by atoms with Crippen molar-refractivity contribution in [3.8, 4) is 16.9 Å². The first-order valence-electron chi connectivity index (χ1n) is 13.9. The molecule has 14 nitrogen and oxygen atoms in total. The van der Waals surface area contributed by atoms with Crippen LogP contribution in [0, 0.1) is 0 Å². The monoisotopic (exact) mass is 618 g/mol. The van der Waals surface area contributed by atoms with Crippen LogP contribution in [0.5, 0.6) is 0 Å². The van der Waals surface area contributed by atoms with E-state index in [2.05, 4.69) is 41.8 Å². The number of hydrogen-bond donors (Lipinski definition) is 5.